The van der Waals surface area contributed by atoms with Crippen molar-refractivity contribution in [2.45, 2.75) is 64.3 Å². The molecule has 1 aliphatic carbocycles. The standard InChI is InChI=1S/C20H32N6S/c1-15-7-6-12-26(14-15)18-13-17(25-10-4-5-11-25)22-19(23-18)24-20(27)21-16-8-2-3-9-16/h13,15-16H,2-12,14H2,1H3,(H2,21,22,23,24,27). The summed E-state index contributed by atoms with van der Waals surface area (Å²) in [5.74, 6) is 3.40. The average molecular weight is 389 g/mol. The summed E-state index contributed by atoms with van der Waals surface area (Å²) in [6.07, 6.45) is 10.0. The van der Waals surface area contributed by atoms with Crippen molar-refractivity contribution < 1.29 is 0 Å². The first-order chi connectivity index (χ1) is 13.2. The quantitative estimate of drug-likeness (QED) is 0.765. The van der Waals surface area contributed by atoms with Crippen LogP contribution in [0.4, 0.5) is 17.6 Å². The molecule has 1 unspecified atom stereocenters. The third kappa shape index (κ3) is 4.81. The van der Waals surface area contributed by atoms with E-state index in [4.69, 9.17) is 22.2 Å². The molecule has 0 amide bonds. The number of nitrogens with one attached hydrogen (secondary N) is 2. The molecule has 0 radical (unpaired) electrons. The van der Waals surface area contributed by atoms with E-state index in [0.717, 1.165) is 37.8 Å². The molecular formula is C20H32N6S. The summed E-state index contributed by atoms with van der Waals surface area (Å²) in [7, 11) is 0. The number of hydrogen-bond acceptors (Lipinski definition) is 5. The Labute approximate surface area is 168 Å². The molecular weight excluding hydrogens is 356 g/mol. The van der Waals surface area contributed by atoms with Crippen molar-refractivity contribution in [3.05, 3.63) is 6.07 Å². The highest BCUT2D eigenvalue weighted by molar-refractivity contribution is 7.80. The Balaban J connectivity index is 1.52. The Kier molecular flexibility index (Phi) is 5.95. The third-order valence-electron chi connectivity index (χ3n) is 6.03. The fourth-order valence-corrected chi connectivity index (χ4v) is 4.80. The molecule has 27 heavy (non-hydrogen) atoms. The highest BCUT2D eigenvalue weighted by atomic mass is 32.1. The van der Waals surface area contributed by atoms with Gasteiger partial charge in [-0.2, -0.15) is 9.97 Å². The van der Waals surface area contributed by atoms with Gasteiger partial charge in [0.25, 0.3) is 0 Å². The van der Waals surface area contributed by atoms with Crippen LogP contribution in [-0.4, -0.2) is 47.3 Å². The molecule has 2 saturated heterocycles. The lowest BCUT2D eigenvalue weighted by Gasteiger charge is -2.32. The summed E-state index contributed by atoms with van der Waals surface area (Å²) in [6.45, 7) is 6.63. The number of anilines is 3. The molecule has 0 aromatic carbocycles. The molecule has 0 spiro atoms. The number of aromatic nitrogens is 2. The summed E-state index contributed by atoms with van der Waals surface area (Å²) in [6, 6.07) is 2.66. The molecule has 0 bridgehead atoms. The minimum atomic E-state index is 0.495. The highest BCUT2D eigenvalue weighted by Crippen LogP contribution is 2.27. The fourth-order valence-electron chi connectivity index (χ4n) is 4.54. The SMILES string of the molecule is CC1CCCN(c2cc(N3CCCC3)nc(NC(=S)NC3CCCC3)n2)C1. The zero-order valence-corrected chi connectivity index (χ0v) is 17.2. The van der Waals surface area contributed by atoms with Gasteiger partial charge in [-0.1, -0.05) is 19.8 Å². The normalized spacial score (nSPS) is 23.7. The molecule has 1 saturated carbocycles. The van der Waals surface area contributed by atoms with Crippen molar-refractivity contribution in [1.82, 2.24) is 15.3 Å². The van der Waals surface area contributed by atoms with Crippen molar-refractivity contribution in [3.8, 4) is 0 Å². The molecule has 2 N–H and O–H groups in total. The van der Waals surface area contributed by atoms with Gasteiger partial charge in [0, 0.05) is 38.3 Å². The van der Waals surface area contributed by atoms with Crippen LogP contribution in [0.5, 0.6) is 0 Å². The van der Waals surface area contributed by atoms with Crippen LogP contribution in [0.15, 0.2) is 6.07 Å². The van der Waals surface area contributed by atoms with Crippen molar-refractivity contribution in [3.63, 3.8) is 0 Å². The zero-order chi connectivity index (χ0) is 18.6. The molecule has 3 aliphatic rings. The van der Waals surface area contributed by atoms with E-state index in [1.165, 1.54) is 51.4 Å². The maximum Gasteiger partial charge on any atom is 0.232 e. The summed E-state index contributed by atoms with van der Waals surface area (Å²) >= 11 is 5.54. The molecule has 4 rings (SSSR count). The van der Waals surface area contributed by atoms with Crippen molar-refractivity contribution >= 4 is 34.9 Å². The summed E-state index contributed by atoms with van der Waals surface area (Å²) in [5.41, 5.74) is 0. The molecule has 3 fully saturated rings. The van der Waals surface area contributed by atoms with Crippen molar-refractivity contribution in [2.24, 2.45) is 5.92 Å². The largest absolute Gasteiger partial charge is 0.360 e. The molecule has 1 atom stereocenters. The first kappa shape index (κ1) is 18.7. The van der Waals surface area contributed by atoms with E-state index in [9.17, 15) is 0 Å². The van der Waals surface area contributed by atoms with E-state index in [1.807, 2.05) is 0 Å². The molecule has 2 aliphatic heterocycles. The van der Waals surface area contributed by atoms with Crippen LogP contribution in [0, 0.1) is 5.92 Å². The lowest BCUT2D eigenvalue weighted by atomic mass is 10.0. The first-order valence-corrected chi connectivity index (χ1v) is 11.0. The van der Waals surface area contributed by atoms with Gasteiger partial charge in [-0.15, -0.1) is 0 Å². The fraction of sp³-hybridized carbons (Fsp3) is 0.750. The number of nitrogens with zero attached hydrogens (tertiary/aromatic N) is 4. The second-order valence-electron chi connectivity index (χ2n) is 8.38. The van der Waals surface area contributed by atoms with Gasteiger partial charge in [0.05, 0.1) is 0 Å². The summed E-state index contributed by atoms with van der Waals surface area (Å²) in [5, 5.41) is 7.36. The second kappa shape index (κ2) is 8.59. The van der Waals surface area contributed by atoms with Gasteiger partial charge in [-0.05, 0) is 56.7 Å². The van der Waals surface area contributed by atoms with Gasteiger partial charge < -0.3 is 20.4 Å². The van der Waals surface area contributed by atoms with Crippen molar-refractivity contribution in [2.75, 3.05) is 41.3 Å². The van der Waals surface area contributed by atoms with E-state index in [-0.39, 0.29) is 0 Å². The lowest BCUT2D eigenvalue weighted by Crippen LogP contribution is -2.37. The molecule has 6 nitrogen and oxygen atoms in total. The Morgan fingerprint density at radius 2 is 1.63 bits per heavy atom. The van der Waals surface area contributed by atoms with Crippen LogP contribution in [0.1, 0.15) is 58.3 Å². The van der Waals surface area contributed by atoms with E-state index >= 15 is 0 Å². The molecule has 1 aromatic heterocycles. The van der Waals surface area contributed by atoms with Gasteiger partial charge in [0.1, 0.15) is 11.6 Å². The van der Waals surface area contributed by atoms with Gasteiger partial charge in [-0.3, -0.25) is 0 Å². The summed E-state index contributed by atoms with van der Waals surface area (Å²) in [4.78, 5) is 14.4. The van der Waals surface area contributed by atoms with Crippen LogP contribution in [-0.2, 0) is 0 Å². The maximum atomic E-state index is 5.54. The number of piperidine rings is 1. The van der Waals surface area contributed by atoms with Crippen molar-refractivity contribution in [1.29, 1.82) is 0 Å². The molecule has 148 valence electrons. The zero-order valence-electron chi connectivity index (χ0n) is 16.4. The second-order valence-corrected chi connectivity index (χ2v) is 8.78. The predicted octanol–water partition coefficient (Wildman–Crippen LogP) is 3.54. The predicted molar refractivity (Wildman–Crippen MR) is 116 cm³/mol. The van der Waals surface area contributed by atoms with Crippen LogP contribution in [0.2, 0.25) is 0 Å². The Hall–Kier alpha value is -1.63. The minimum Gasteiger partial charge on any atom is -0.360 e. The lowest BCUT2D eigenvalue weighted by molar-refractivity contribution is 0.444. The number of thiocarbonyl (C=S) groups is 1. The van der Waals surface area contributed by atoms with Gasteiger partial charge >= 0.3 is 0 Å². The van der Waals surface area contributed by atoms with Gasteiger partial charge in [0.2, 0.25) is 5.95 Å². The van der Waals surface area contributed by atoms with Gasteiger partial charge in [0.15, 0.2) is 5.11 Å². The van der Waals surface area contributed by atoms with E-state index < -0.39 is 0 Å². The summed E-state index contributed by atoms with van der Waals surface area (Å²) < 4.78 is 0. The van der Waals surface area contributed by atoms with E-state index in [0.29, 0.717) is 23.0 Å². The topological polar surface area (TPSA) is 56.3 Å². The van der Waals surface area contributed by atoms with Crippen LogP contribution < -0.4 is 20.4 Å². The third-order valence-corrected chi connectivity index (χ3v) is 6.25. The van der Waals surface area contributed by atoms with Crippen LogP contribution >= 0.6 is 12.2 Å². The van der Waals surface area contributed by atoms with E-state index in [2.05, 4.69) is 33.4 Å². The Morgan fingerprint density at radius 1 is 0.963 bits per heavy atom. The Bertz CT molecular complexity index is 654. The number of rotatable bonds is 4. The minimum absolute atomic E-state index is 0.495. The monoisotopic (exact) mass is 388 g/mol. The van der Waals surface area contributed by atoms with Crippen LogP contribution in [0.3, 0.4) is 0 Å². The van der Waals surface area contributed by atoms with Crippen LogP contribution in [0.25, 0.3) is 0 Å². The van der Waals surface area contributed by atoms with E-state index in [1.54, 1.807) is 0 Å². The smallest absolute Gasteiger partial charge is 0.232 e. The Morgan fingerprint density at radius 3 is 2.33 bits per heavy atom. The molecule has 7 heteroatoms. The highest BCUT2D eigenvalue weighted by Gasteiger charge is 2.22. The maximum absolute atomic E-state index is 5.54. The first-order valence-electron chi connectivity index (χ1n) is 10.6. The molecule has 3 heterocycles. The van der Waals surface area contributed by atoms with Gasteiger partial charge in [-0.25, -0.2) is 0 Å². The average Bonchev–Trinajstić information content (AvgIpc) is 3.35. The number of hydrogen-bond donors (Lipinski definition) is 2. The molecule has 1 aromatic rings.